The zero-order valence-electron chi connectivity index (χ0n) is 13.0. The van der Waals surface area contributed by atoms with E-state index in [0.29, 0.717) is 17.9 Å². The molecule has 4 nitrogen and oxygen atoms in total. The third kappa shape index (κ3) is 2.80. The van der Waals surface area contributed by atoms with Crippen molar-refractivity contribution in [2.75, 3.05) is 23.7 Å². The molecule has 1 aliphatic heterocycles. The SMILES string of the molecule is Cc1ccc(Cn2c(C#N)cc(N)c2N2CCCCC2)cc1. The Balaban J connectivity index is 1.97. The molecule has 114 valence electrons. The molecule has 1 aromatic carbocycles. The van der Waals surface area contributed by atoms with Crippen molar-refractivity contribution in [2.24, 2.45) is 0 Å². The molecule has 0 spiro atoms. The summed E-state index contributed by atoms with van der Waals surface area (Å²) in [6, 6.07) is 12.5. The lowest BCUT2D eigenvalue weighted by atomic mass is 10.1. The minimum atomic E-state index is 0.638. The van der Waals surface area contributed by atoms with Gasteiger partial charge in [-0.2, -0.15) is 5.26 Å². The summed E-state index contributed by atoms with van der Waals surface area (Å²) >= 11 is 0. The maximum absolute atomic E-state index is 9.43. The van der Waals surface area contributed by atoms with Gasteiger partial charge in [0.05, 0.1) is 12.2 Å². The van der Waals surface area contributed by atoms with E-state index in [1.54, 1.807) is 6.07 Å². The van der Waals surface area contributed by atoms with Crippen LogP contribution >= 0.6 is 0 Å². The summed E-state index contributed by atoms with van der Waals surface area (Å²) in [6.07, 6.45) is 3.66. The van der Waals surface area contributed by atoms with Crippen LogP contribution in [-0.4, -0.2) is 17.7 Å². The summed E-state index contributed by atoms with van der Waals surface area (Å²) in [7, 11) is 0. The normalized spacial score (nSPS) is 14.8. The van der Waals surface area contributed by atoms with Gasteiger partial charge in [-0.15, -0.1) is 0 Å². The van der Waals surface area contributed by atoms with Crippen molar-refractivity contribution < 1.29 is 0 Å². The van der Waals surface area contributed by atoms with Gasteiger partial charge in [0.1, 0.15) is 17.6 Å². The van der Waals surface area contributed by atoms with E-state index >= 15 is 0 Å². The van der Waals surface area contributed by atoms with Crippen LogP contribution in [0.25, 0.3) is 0 Å². The molecule has 1 saturated heterocycles. The Bertz CT molecular complexity index is 685. The molecule has 1 aromatic heterocycles. The van der Waals surface area contributed by atoms with E-state index in [1.807, 2.05) is 0 Å². The molecular formula is C18H22N4. The van der Waals surface area contributed by atoms with Crippen molar-refractivity contribution in [3.05, 3.63) is 47.2 Å². The Hall–Kier alpha value is -2.41. The number of anilines is 2. The Kier molecular flexibility index (Phi) is 4.06. The van der Waals surface area contributed by atoms with Gasteiger partial charge < -0.3 is 15.2 Å². The number of nitriles is 1. The summed E-state index contributed by atoms with van der Waals surface area (Å²) in [5, 5.41) is 9.43. The van der Waals surface area contributed by atoms with Crippen molar-refractivity contribution in [2.45, 2.75) is 32.7 Å². The Morgan fingerprint density at radius 3 is 2.45 bits per heavy atom. The van der Waals surface area contributed by atoms with E-state index in [2.05, 4.69) is 46.7 Å². The number of aryl methyl sites for hydroxylation is 1. The van der Waals surface area contributed by atoms with Gasteiger partial charge in [-0.1, -0.05) is 29.8 Å². The predicted molar refractivity (Wildman–Crippen MR) is 89.9 cm³/mol. The average Bonchev–Trinajstić information content (AvgIpc) is 2.86. The first-order chi connectivity index (χ1) is 10.7. The minimum Gasteiger partial charge on any atom is -0.396 e. The highest BCUT2D eigenvalue weighted by molar-refractivity contribution is 5.68. The molecule has 4 heteroatoms. The number of hydrogen-bond acceptors (Lipinski definition) is 3. The molecule has 0 amide bonds. The monoisotopic (exact) mass is 294 g/mol. The molecule has 0 radical (unpaired) electrons. The van der Waals surface area contributed by atoms with Crippen LogP contribution in [0.4, 0.5) is 11.5 Å². The van der Waals surface area contributed by atoms with Gasteiger partial charge in [0, 0.05) is 13.1 Å². The maximum atomic E-state index is 9.43. The van der Waals surface area contributed by atoms with E-state index in [4.69, 9.17) is 5.73 Å². The van der Waals surface area contributed by atoms with Crippen LogP contribution in [0.3, 0.4) is 0 Å². The molecule has 1 fully saturated rings. The molecule has 1 aliphatic rings. The van der Waals surface area contributed by atoms with Crippen molar-refractivity contribution >= 4 is 11.5 Å². The van der Waals surface area contributed by atoms with Gasteiger partial charge in [0.25, 0.3) is 0 Å². The van der Waals surface area contributed by atoms with Crippen LogP contribution in [0.5, 0.6) is 0 Å². The average molecular weight is 294 g/mol. The van der Waals surface area contributed by atoms with Crippen LogP contribution in [0, 0.1) is 18.3 Å². The highest BCUT2D eigenvalue weighted by Gasteiger charge is 2.21. The fourth-order valence-corrected chi connectivity index (χ4v) is 3.15. The minimum absolute atomic E-state index is 0.638. The Morgan fingerprint density at radius 2 is 1.82 bits per heavy atom. The zero-order valence-corrected chi connectivity index (χ0v) is 13.0. The molecule has 0 saturated carbocycles. The summed E-state index contributed by atoms with van der Waals surface area (Å²) in [4.78, 5) is 2.33. The third-order valence-electron chi connectivity index (χ3n) is 4.33. The summed E-state index contributed by atoms with van der Waals surface area (Å²) < 4.78 is 2.06. The second-order valence-electron chi connectivity index (χ2n) is 6.04. The molecule has 2 heterocycles. The van der Waals surface area contributed by atoms with Crippen molar-refractivity contribution in [3.8, 4) is 6.07 Å². The molecule has 0 atom stereocenters. The highest BCUT2D eigenvalue weighted by Crippen LogP contribution is 2.31. The smallest absolute Gasteiger partial charge is 0.133 e. The topological polar surface area (TPSA) is 58.0 Å². The summed E-state index contributed by atoms with van der Waals surface area (Å²) in [5.74, 6) is 1.01. The van der Waals surface area contributed by atoms with E-state index in [-0.39, 0.29) is 0 Å². The lowest BCUT2D eigenvalue weighted by molar-refractivity contribution is 0.564. The second kappa shape index (κ2) is 6.15. The quantitative estimate of drug-likeness (QED) is 0.945. The number of rotatable bonds is 3. The van der Waals surface area contributed by atoms with Crippen LogP contribution in [0.2, 0.25) is 0 Å². The van der Waals surface area contributed by atoms with Gasteiger partial charge in [-0.3, -0.25) is 0 Å². The van der Waals surface area contributed by atoms with Gasteiger partial charge in [-0.25, -0.2) is 0 Å². The maximum Gasteiger partial charge on any atom is 0.133 e. The Morgan fingerprint density at radius 1 is 1.14 bits per heavy atom. The standard InChI is InChI=1S/C18H22N4/c1-14-5-7-15(8-6-14)13-22-16(12-19)11-17(20)18(22)21-9-3-2-4-10-21/h5-8,11H,2-4,9-10,13,20H2,1H3. The first-order valence-electron chi connectivity index (χ1n) is 7.88. The summed E-state index contributed by atoms with van der Waals surface area (Å²) in [5.41, 5.74) is 10.00. The molecule has 3 rings (SSSR count). The van der Waals surface area contributed by atoms with E-state index in [0.717, 1.165) is 18.9 Å². The van der Waals surface area contributed by atoms with Crippen LogP contribution in [0.1, 0.15) is 36.1 Å². The first kappa shape index (κ1) is 14.5. The van der Waals surface area contributed by atoms with E-state index in [1.165, 1.54) is 30.4 Å². The highest BCUT2D eigenvalue weighted by atomic mass is 15.3. The number of nitrogens with two attached hydrogens (primary N) is 1. The largest absolute Gasteiger partial charge is 0.396 e. The fraction of sp³-hybridized carbons (Fsp3) is 0.389. The fourth-order valence-electron chi connectivity index (χ4n) is 3.15. The van der Waals surface area contributed by atoms with Crippen molar-refractivity contribution in [1.82, 2.24) is 4.57 Å². The second-order valence-corrected chi connectivity index (χ2v) is 6.04. The molecule has 2 N–H and O–H groups in total. The number of aromatic nitrogens is 1. The first-order valence-corrected chi connectivity index (χ1v) is 7.88. The third-order valence-corrected chi connectivity index (χ3v) is 4.33. The predicted octanol–water partition coefficient (Wildman–Crippen LogP) is 3.29. The number of nitrogens with zero attached hydrogens (tertiary/aromatic N) is 3. The number of benzene rings is 1. The molecular weight excluding hydrogens is 272 g/mol. The number of nitrogen functional groups attached to an aromatic ring is 1. The molecule has 0 aliphatic carbocycles. The van der Waals surface area contributed by atoms with Gasteiger partial charge >= 0.3 is 0 Å². The van der Waals surface area contributed by atoms with Gasteiger partial charge in [-0.05, 0) is 37.8 Å². The molecule has 0 unspecified atom stereocenters. The van der Waals surface area contributed by atoms with Crippen LogP contribution < -0.4 is 10.6 Å². The van der Waals surface area contributed by atoms with Crippen molar-refractivity contribution in [3.63, 3.8) is 0 Å². The molecule has 2 aromatic rings. The van der Waals surface area contributed by atoms with E-state index in [9.17, 15) is 5.26 Å². The lowest BCUT2D eigenvalue weighted by Crippen LogP contribution is -2.32. The molecule has 22 heavy (non-hydrogen) atoms. The van der Waals surface area contributed by atoms with Crippen molar-refractivity contribution in [1.29, 1.82) is 5.26 Å². The van der Waals surface area contributed by atoms with Crippen LogP contribution in [0.15, 0.2) is 30.3 Å². The lowest BCUT2D eigenvalue weighted by Gasteiger charge is -2.30. The van der Waals surface area contributed by atoms with Gasteiger partial charge in [0.2, 0.25) is 0 Å². The number of piperidine rings is 1. The number of hydrogen-bond donors (Lipinski definition) is 1. The molecule has 0 bridgehead atoms. The van der Waals surface area contributed by atoms with Gasteiger partial charge in [0.15, 0.2) is 0 Å². The van der Waals surface area contributed by atoms with E-state index < -0.39 is 0 Å². The summed E-state index contributed by atoms with van der Waals surface area (Å²) in [6.45, 7) is 4.81. The van der Waals surface area contributed by atoms with Crippen LogP contribution in [-0.2, 0) is 6.54 Å². The Labute approximate surface area is 131 Å². The zero-order chi connectivity index (χ0) is 15.5.